The minimum absolute atomic E-state index is 0.0887. The first kappa shape index (κ1) is 21.3. The average molecular weight is 469 g/mol. The molecule has 35 heavy (non-hydrogen) atoms. The Kier molecular flexibility index (Phi) is 5.17. The van der Waals surface area contributed by atoms with E-state index in [4.69, 9.17) is 18.6 Å². The van der Waals surface area contributed by atoms with Crippen molar-refractivity contribution in [2.45, 2.75) is 25.9 Å². The van der Waals surface area contributed by atoms with E-state index in [1.165, 1.54) is 0 Å². The third kappa shape index (κ3) is 3.60. The van der Waals surface area contributed by atoms with Gasteiger partial charge in [0, 0.05) is 6.54 Å². The quantitative estimate of drug-likeness (QED) is 0.393. The molecule has 0 radical (unpaired) electrons. The highest BCUT2D eigenvalue weighted by Gasteiger charge is 2.42. The van der Waals surface area contributed by atoms with Crippen molar-refractivity contribution in [1.82, 2.24) is 4.90 Å². The van der Waals surface area contributed by atoms with Crippen molar-refractivity contribution in [3.8, 4) is 17.2 Å². The normalized spacial score (nSPS) is 16.1. The van der Waals surface area contributed by atoms with Gasteiger partial charge >= 0.3 is 0 Å². The van der Waals surface area contributed by atoms with Gasteiger partial charge < -0.3 is 23.5 Å². The van der Waals surface area contributed by atoms with Crippen LogP contribution in [0.4, 0.5) is 0 Å². The molecule has 0 aliphatic carbocycles. The monoisotopic (exact) mass is 469 g/mol. The molecule has 4 aromatic rings. The molecule has 0 unspecified atom stereocenters. The van der Waals surface area contributed by atoms with Crippen molar-refractivity contribution >= 4 is 16.9 Å². The lowest BCUT2D eigenvalue weighted by atomic mass is 9.98. The second kappa shape index (κ2) is 8.51. The molecular formula is C28H23NO6. The number of fused-ring (bicyclic) bond motifs is 3. The molecule has 1 aromatic heterocycles. The zero-order chi connectivity index (χ0) is 23.9. The van der Waals surface area contributed by atoms with Crippen LogP contribution in [0.1, 0.15) is 46.6 Å². The summed E-state index contributed by atoms with van der Waals surface area (Å²) in [6.07, 6.45) is 0.906. The summed E-state index contributed by atoms with van der Waals surface area (Å²) < 4.78 is 22.7. The van der Waals surface area contributed by atoms with Crippen LogP contribution in [-0.2, 0) is 6.54 Å². The molecule has 3 heterocycles. The Morgan fingerprint density at radius 3 is 2.60 bits per heavy atom. The molecule has 176 valence electrons. The van der Waals surface area contributed by atoms with E-state index in [1.54, 1.807) is 29.2 Å². The summed E-state index contributed by atoms with van der Waals surface area (Å²) in [6.45, 7) is 3.12. The van der Waals surface area contributed by atoms with Crippen LogP contribution in [0.2, 0.25) is 0 Å². The van der Waals surface area contributed by atoms with Gasteiger partial charge in [0.1, 0.15) is 11.3 Å². The number of amides is 1. The lowest BCUT2D eigenvalue weighted by molar-refractivity contribution is 0.0714. The summed E-state index contributed by atoms with van der Waals surface area (Å²) in [5.74, 6) is 1.82. The first-order valence-corrected chi connectivity index (χ1v) is 11.6. The zero-order valence-electron chi connectivity index (χ0n) is 19.2. The highest BCUT2D eigenvalue weighted by atomic mass is 16.7. The van der Waals surface area contributed by atoms with E-state index in [1.807, 2.05) is 49.4 Å². The van der Waals surface area contributed by atoms with Gasteiger partial charge in [-0.1, -0.05) is 37.3 Å². The van der Waals surface area contributed by atoms with E-state index >= 15 is 0 Å². The topological polar surface area (TPSA) is 78.2 Å². The van der Waals surface area contributed by atoms with Crippen LogP contribution in [0, 0.1) is 0 Å². The molecule has 2 aliphatic rings. The Labute approximate surface area is 201 Å². The fourth-order valence-corrected chi connectivity index (χ4v) is 4.68. The molecule has 0 saturated carbocycles. The van der Waals surface area contributed by atoms with Crippen molar-refractivity contribution < 1.29 is 23.4 Å². The lowest BCUT2D eigenvalue weighted by Crippen LogP contribution is -2.29. The number of hydrogen-bond donors (Lipinski definition) is 0. The van der Waals surface area contributed by atoms with Gasteiger partial charge in [-0.25, -0.2) is 0 Å². The Morgan fingerprint density at radius 1 is 0.971 bits per heavy atom. The van der Waals surface area contributed by atoms with E-state index < -0.39 is 6.04 Å². The van der Waals surface area contributed by atoms with Gasteiger partial charge in [-0.15, -0.1) is 0 Å². The highest BCUT2D eigenvalue weighted by Crippen LogP contribution is 2.40. The molecule has 0 saturated heterocycles. The van der Waals surface area contributed by atoms with Gasteiger partial charge in [0.05, 0.1) is 23.6 Å². The van der Waals surface area contributed by atoms with Gasteiger partial charge in [-0.05, 0) is 53.9 Å². The van der Waals surface area contributed by atoms with Crippen molar-refractivity contribution in [3.63, 3.8) is 0 Å². The molecule has 0 N–H and O–H groups in total. The van der Waals surface area contributed by atoms with Crippen molar-refractivity contribution in [2.75, 3.05) is 13.4 Å². The Bertz CT molecular complexity index is 1490. The maximum Gasteiger partial charge on any atom is 0.291 e. The smallest absolute Gasteiger partial charge is 0.291 e. The van der Waals surface area contributed by atoms with E-state index in [2.05, 4.69) is 0 Å². The molecule has 0 fully saturated rings. The minimum atomic E-state index is -0.594. The maximum atomic E-state index is 13.6. The van der Waals surface area contributed by atoms with Gasteiger partial charge in [0.15, 0.2) is 16.9 Å². The standard InChI is InChI=1S/C28H23NO6/c1-2-13-32-19-10-8-18(9-11-19)25-24-26(30)20-5-3-4-6-21(20)35-27(24)28(31)29(25)15-17-7-12-22-23(14-17)34-16-33-22/h3-12,14,25H,2,13,15-16H2,1H3/t25-/m1/s1. The first-order chi connectivity index (χ1) is 17.1. The second-order valence-electron chi connectivity index (χ2n) is 8.61. The Hall–Kier alpha value is -4.26. The van der Waals surface area contributed by atoms with Gasteiger partial charge in [0.25, 0.3) is 5.91 Å². The van der Waals surface area contributed by atoms with Crippen LogP contribution < -0.4 is 19.6 Å². The maximum absolute atomic E-state index is 13.6. The van der Waals surface area contributed by atoms with Crippen LogP contribution in [0.15, 0.2) is 75.9 Å². The molecule has 3 aromatic carbocycles. The third-order valence-electron chi connectivity index (χ3n) is 6.33. The zero-order valence-corrected chi connectivity index (χ0v) is 19.2. The van der Waals surface area contributed by atoms with E-state index in [0.717, 1.165) is 23.3 Å². The average Bonchev–Trinajstić information content (AvgIpc) is 3.46. The minimum Gasteiger partial charge on any atom is -0.494 e. The Balaban J connectivity index is 1.46. The van der Waals surface area contributed by atoms with Crippen LogP contribution in [-0.4, -0.2) is 24.2 Å². The summed E-state index contributed by atoms with van der Waals surface area (Å²) in [4.78, 5) is 28.9. The molecule has 0 spiro atoms. The fourth-order valence-electron chi connectivity index (χ4n) is 4.68. The summed E-state index contributed by atoms with van der Waals surface area (Å²) in [7, 11) is 0. The number of benzene rings is 3. The van der Waals surface area contributed by atoms with Gasteiger partial charge in [-0.2, -0.15) is 0 Å². The fraction of sp³-hybridized carbons (Fsp3) is 0.214. The van der Waals surface area contributed by atoms with Crippen molar-refractivity contribution in [1.29, 1.82) is 0 Å². The first-order valence-electron chi connectivity index (χ1n) is 11.6. The summed E-state index contributed by atoms with van der Waals surface area (Å²) in [6, 6.07) is 19.6. The van der Waals surface area contributed by atoms with Crippen molar-refractivity contribution in [2.24, 2.45) is 0 Å². The number of para-hydroxylation sites is 1. The molecule has 2 aliphatic heterocycles. The van der Waals surface area contributed by atoms with Gasteiger partial charge in [0.2, 0.25) is 12.6 Å². The molecule has 6 rings (SSSR count). The lowest BCUT2D eigenvalue weighted by Gasteiger charge is -2.25. The van der Waals surface area contributed by atoms with E-state index in [0.29, 0.717) is 34.6 Å². The summed E-state index contributed by atoms with van der Waals surface area (Å²) in [5.41, 5.74) is 2.23. The number of hydrogen-bond acceptors (Lipinski definition) is 6. The van der Waals surface area contributed by atoms with Crippen LogP contribution in [0.3, 0.4) is 0 Å². The third-order valence-corrected chi connectivity index (χ3v) is 6.33. The number of rotatable bonds is 6. The number of carbonyl (C=O) groups is 1. The van der Waals surface area contributed by atoms with E-state index in [-0.39, 0.29) is 30.4 Å². The SMILES string of the molecule is CCCOc1ccc([C@@H]2c3c(oc4ccccc4c3=O)C(=O)N2Cc2ccc3c(c2)OCO3)cc1. The molecular weight excluding hydrogens is 446 g/mol. The number of nitrogens with zero attached hydrogens (tertiary/aromatic N) is 1. The van der Waals surface area contributed by atoms with Crippen LogP contribution in [0.5, 0.6) is 17.2 Å². The van der Waals surface area contributed by atoms with Gasteiger partial charge in [-0.3, -0.25) is 9.59 Å². The summed E-state index contributed by atoms with van der Waals surface area (Å²) in [5, 5.41) is 0.455. The van der Waals surface area contributed by atoms with Crippen LogP contribution in [0.25, 0.3) is 11.0 Å². The summed E-state index contributed by atoms with van der Waals surface area (Å²) >= 11 is 0. The number of carbonyl (C=O) groups excluding carboxylic acids is 1. The molecule has 1 amide bonds. The molecule has 0 bridgehead atoms. The molecule has 1 atom stereocenters. The van der Waals surface area contributed by atoms with Crippen molar-refractivity contribution in [3.05, 3.63) is 99.4 Å². The molecule has 7 nitrogen and oxygen atoms in total. The largest absolute Gasteiger partial charge is 0.494 e. The Morgan fingerprint density at radius 2 is 1.77 bits per heavy atom. The predicted molar refractivity (Wildman–Crippen MR) is 129 cm³/mol. The second-order valence-corrected chi connectivity index (χ2v) is 8.61. The highest BCUT2D eigenvalue weighted by molar-refractivity contribution is 5.99. The van der Waals surface area contributed by atoms with Crippen LogP contribution >= 0.6 is 0 Å². The predicted octanol–water partition coefficient (Wildman–Crippen LogP) is 5.06. The number of ether oxygens (including phenoxy) is 3. The van der Waals surface area contributed by atoms with E-state index in [9.17, 15) is 9.59 Å². The molecule has 7 heteroatoms.